The highest BCUT2D eigenvalue weighted by Crippen LogP contribution is 2.34. The van der Waals surface area contributed by atoms with Crippen LogP contribution in [0.15, 0.2) is 102 Å². The summed E-state index contributed by atoms with van der Waals surface area (Å²) in [7, 11) is 0. The Balaban J connectivity index is 1.41. The summed E-state index contributed by atoms with van der Waals surface area (Å²) in [6.07, 6.45) is 1.64. The van der Waals surface area contributed by atoms with Gasteiger partial charge in [0, 0.05) is 19.3 Å². The fourth-order valence-electron chi connectivity index (χ4n) is 5.76. The molecule has 8 heteroatoms. The Morgan fingerprint density at radius 1 is 0.825 bits per heavy atom. The van der Waals surface area contributed by atoms with E-state index in [-0.39, 0.29) is 36.2 Å². The first-order valence-electron chi connectivity index (χ1n) is 13.3. The molecule has 3 heterocycles. The molecule has 0 radical (unpaired) electrons. The van der Waals surface area contributed by atoms with Gasteiger partial charge in [0.1, 0.15) is 18.3 Å². The van der Waals surface area contributed by atoms with Gasteiger partial charge in [0.15, 0.2) is 11.4 Å². The minimum absolute atomic E-state index is 0.0381. The fraction of sp³-hybridized carbons (Fsp3) is 0.219. The van der Waals surface area contributed by atoms with Gasteiger partial charge in [-0.2, -0.15) is 0 Å². The number of pyridine rings is 1. The van der Waals surface area contributed by atoms with Crippen molar-refractivity contribution in [3.05, 3.63) is 135 Å². The van der Waals surface area contributed by atoms with Gasteiger partial charge < -0.3 is 19.3 Å². The molecule has 0 aliphatic carbocycles. The number of carbonyl (C=O) groups excluding carboxylic acids is 1. The molecule has 2 aliphatic rings. The standard InChI is InChI=1S/C32H29N3O5/c36-29-26(32(38)39)19-34-20-27-33(17-23-12-6-2-7-13-23)18-25(16-22-10-4-1-5-11-22)35(27)31(37)28(34)30(29)40-21-24-14-8-3-9-15-24/h1-15,19,25,27H,16-18,20-21H2,(H,38,39)/t25-,27-/m0/s1. The van der Waals surface area contributed by atoms with E-state index in [1.807, 2.05) is 71.6 Å². The van der Waals surface area contributed by atoms with Crippen LogP contribution in [-0.2, 0) is 26.1 Å². The first-order chi connectivity index (χ1) is 19.5. The van der Waals surface area contributed by atoms with Crippen LogP contribution in [0.4, 0.5) is 0 Å². The number of fused-ring (bicyclic) bond motifs is 2. The van der Waals surface area contributed by atoms with E-state index < -0.39 is 17.0 Å². The zero-order chi connectivity index (χ0) is 27.6. The number of hydrogen-bond donors (Lipinski definition) is 1. The maximum absolute atomic E-state index is 14.3. The molecule has 1 N–H and O–H groups in total. The lowest BCUT2D eigenvalue weighted by Crippen LogP contribution is -2.52. The number of aromatic carboxylic acids is 1. The first kappa shape index (κ1) is 25.6. The highest BCUT2D eigenvalue weighted by atomic mass is 16.5. The van der Waals surface area contributed by atoms with Gasteiger partial charge in [-0.1, -0.05) is 91.0 Å². The predicted molar refractivity (Wildman–Crippen MR) is 149 cm³/mol. The van der Waals surface area contributed by atoms with Gasteiger partial charge in [0.2, 0.25) is 5.43 Å². The third kappa shape index (κ3) is 4.89. The maximum atomic E-state index is 14.3. The van der Waals surface area contributed by atoms with E-state index in [2.05, 4.69) is 29.2 Å². The molecule has 8 nitrogen and oxygen atoms in total. The van der Waals surface area contributed by atoms with Crippen molar-refractivity contribution >= 4 is 11.9 Å². The van der Waals surface area contributed by atoms with Crippen molar-refractivity contribution in [1.29, 1.82) is 0 Å². The van der Waals surface area contributed by atoms with Crippen molar-refractivity contribution < 1.29 is 19.4 Å². The SMILES string of the molecule is O=C(O)c1cn2c(c(OCc3ccccc3)c1=O)C(=O)N1[C@@H](Cc3ccccc3)CN(Cc3ccccc3)[C@@H]1C2. The van der Waals surface area contributed by atoms with Crippen molar-refractivity contribution in [1.82, 2.24) is 14.4 Å². The molecule has 0 bridgehead atoms. The van der Waals surface area contributed by atoms with Gasteiger partial charge in [-0.25, -0.2) is 4.79 Å². The molecular weight excluding hydrogens is 506 g/mol. The Kier molecular flexibility index (Phi) is 6.92. The molecule has 1 amide bonds. The minimum Gasteiger partial charge on any atom is -0.483 e. The van der Waals surface area contributed by atoms with E-state index in [1.165, 1.54) is 6.20 Å². The lowest BCUT2D eigenvalue weighted by molar-refractivity contribution is 0.0424. The molecule has 0 unspecified atom stereocenters. The number of benzene rings is 3. The summed E-state index contributed by atoms with van der Waals surface area (Å²) in [6, 6.07) is 29.2. The van der Waals surface area contributed by atoms with Crippen molar-refractivity contribution in [2.45, 2.75) is 38.3 Å². The van der Waals surface area contributed by atoms with E-state index in [0.717, 1.165) is 16.7 Å². The van der Waals surface area contributed by atoms with Crippen molar-refractivity contribution in [3.63, 3.8) is 0 Å². The third-order valence-corrected chi connectivity index (χ3v) is 7.62. The molecular formula is C32H29N3O5. The largest absolute Gasteiger partial charge is 0.483 e. The van der Waals surface area contributed by atoms with Gasteiger partial charge >= 0.3 is 5.97 Å². The lowest BCUT2D eigenvalue weighted by Gasteiger charge is -2.38. The second-order valence-corrected chi connectivity index (χ2v) is 10.2. The minimum atomic E-state index is -1.35. The molecule has 6 rings (SSSR count). The van der Waals surface area contributed by atoms with Crippen LogP contribution in [0.3, 0.4) is 0 Å². The number of carboxylic acids is 1. The Bertz CT molecular complexity index is 1590. The number of carboxylic acid groups (broad SMARTS) is 1. The average molecular weight is 536 g/mol. The molecule has 202 valence electrons. The molecule has 2 atom stereocenters. The summed E-state index contributed by atoms with van der Waals surface area (Å²) >= 11 is 0. The molecule has 2 aliphatic heterocycles. The monoisotopic (exact) mass is 535 g/mol. The zero-order valence-electron chi connectivity index (χ0n) is 21.8. The summed E-state index contributed by atoms with van der Waals surface area (Å²) in [5.41, 5.74) is 1.94. The number of nitrogens with zero attached hydrogens (tertiary/aromatic N) is 3. The quantitative estimate of drug-likeness (QED) is 0.366. The molecule has 0 saturated carbocycles. The third-order valence-electron chi connectivity index (χ3n) is 7.62. The molecule has 1 fully saturated rings. The molecule has 1 aromatic heterocycles. The second-order valence-electron chi connectivity index (χ2n) is 10.2. The van der Waals surface area contributed by atoms with Gasteiger partial charge in [-0.3, -0.25) is 14.5 Å². The Morgan fingerprint density at radius 3 is 2.05 bits per heavy atom. The van der Waals surface area contributed by atoms with Crippen LogP contribution in [0.2, 0.25) is 0 Å². The summed E-state index contributed by atoms with van der Waals surface area (Å²) in [6.45, 7) is 1.64. The molecule has 1 saturated heterocycles. The molecule has 3 aromatic carbocycles. The van der Waals surface area contributed by atoms with Crippen LogP contribution in [0.25, 0.3) is 0 Å². The topological polar surface area (TPSA) is 92.1 Å². The van der Waals surface area contributed by atoms with Gasteiger partial charge in [0.25, 0.3) is 5.91 Å². The van der Waals surface area contributed by atoms with E-state index in [9.17, 15) is 19.5 Å². The van der Waals surface area contributed by atoms with E-state index in [1.54, 1.807) is 4.57 Å². The van der Waals surface area contributed by atoms with E-state index in [4.69, 9.17) is 4.74 Å². The summed E-state index contributed by atoms with van der Waals surface area (Å²) in [5, 5.41) is 9.81. The number of aromatic nitrogens is 1. The van der Waals surface area contributed by atoms with E-state index >= 15 is 0 Å². The zero-order valence-corrected chi connectivity index (χ0v) is 21.8. The lowest BCUT2D eigenvalue weighted by atomic mass is 10.0. The van der Waals surface area contributed by atoms with Crippen molar-refractivity contribution in [2.24, 2.45) is 0 Å². The summed E-state index contributed by atoms with van der Waals surface area (Å²) in [4.78, 5) is 43.7. The predicted octanol–water partition coefficient (Wildman–Crippen LogP) is 4.03. The van der Waals surface area contributed by atoms with E-state index in [0.29, 0.717) is 26.1 Å². The van der Waals surface area contributed by atoms with Crippen LogP contribution in [0.5, 0.6) is 5.75 Å². The number of rotatable bonds is 8. The maximum Gasteiger partial charge on any atom is 0.341 e. The smallest absolute Gasteiger partial charge is 0.341 e. The number of hydrogen-bond acceptors (Lipinski definition) is 5. The highest BCUT2D eigenvalue weighted by molar-refractivity contribution is 5.98. The Hall–Kier alpha value is -4.69. The van der Waals surface area contributed by atoms with Gasteiger partial charge in [0.05, 0.1) is 12.6 Å². The normalized spacial score (nSPS) is 18.3. The summed E-state index contributed by atoms with van der Waals surface area (Å²) in [5.74, 6) is -1.90. The number of amides is 1. The molecule has 4 aromatic rings. The first-order valence-corrected chi connectivity index (χ1v) is 13.3. The van der Waals surface area contributed by atoms with Gasteiger partial charge in [-0.05, 0) is 23.1 Å². The highest BCUT2D eigenvalue weighted by Gasteiger charge is 2.47. The summed E-state index contributed by atoms with van der Waals surface area (Å²) < 4.78 is 7.54. The average Bonchev–Trinajstić information content (AvgIpc) is 3.30. The second kappa shape index (κ2) is 10.8. The van der Waals surface area contributed by atoms with Crippen LogP contribution >= 0.6 is 0 Å². The number of carbonyl (C=O) groups is 2. The van der Waals surface area contributed by atoms with Crippen LogP contribution < -0.4 is 10.2 Å². The molecule has 40 heavy (non-hydrogen) atoms. The van der Waals surface area contributed by atoms with Crippen LogP contribution in [0, 0.1) is 0 Å². The fourth-order valence-corrected chi connectivity index (χ4v) is 5.76. The van der Waals surface area contributed by atoms with Gasteiger partial charge in [-0.15, -0.1) is 0 Å². The van der Waals surface area contributed by atoms with Crippen LogP contribution in [-0.4, -0.2) is 50.1 Å². The van der Waals surface area contributed by atoms with Crippen LogP contribution in [0.1, 0.15) is 37.5 Å². The molecule has 0 spiro atoms. The Labute approximate surface area is 231 Å². The number of ether oxygens (including phenoxy) is 1. The Morgan fingerprint density at radius 2 is 1.43 bits per heavy atom. The van der Waals surface area contributed by atoms with Crippen molar-refractivity contribution in [2.75, 3.05) is 6.54 Å². The van der Waals surface area contributed by atoms with Crippen molar-refractivity contribution in [3.8, 4) is 5.75 Å².